The van der Waals surface area contributed by atoms with E-state index in [1.807, 2.05) is 6.92 Å². The molecule has 0 aromatic carbocycles. The van der Waals surface area contributed by atoms with E-state index in [-0.39, 0.29) is 32.2 Å². The van der Waals surface area contributed by atoms with Crippen LogP contribution in [0.1, 0.15) is 54.9 Å². The number of hydrogen-bond donors (Lipinski definition) is 0. The lowest BCUT2D eigenvalue weighted by Crippen LogP contribution is -2.00. The fraction of sp³-hybridized carbons (Fsp3) is 1.00. The first-order valence-corrected chi connectivity index (χ1v) is 4.26. The molecule has 0 saturated carbocycles. The zero-order chi connectivity index (χ0) is 7.98. The third kappa shape index (κ3) is 14.7. The van der Waals surface area contributed by atoms with Crippen LogP contribution in [0.5, 0.6) is 0 Å². The fourth-order valence-electron chi connectivity index (χ4n) is 0.850. The van der Waals surface area contributed by atoms with Crippen molar-refractivity contribution in [1.29, 1.82) is 0 Å². The molecule has 0 aliphatic rings. The first-order chi connectivity index (χ1) is 4.70. The van der Waals surface area contributed by atoms with Gasteiger partial charge in [0, 0.05) is 0 Å². The Bertz CT molecular complexity index is 64.5. The van der Waals surface area contributed by atoms with Gasteiger partial charge in [0.2, 0.25) is 0 Å². The van der Waals surface area contributed by atoms with Gasteiger partial charge in [0.05, 0.1) is 6.67 Å². The van der Waals surface area contributed by atoms with Crippen molar-refractivity contribution in [2.75, 3.05) is 6.67 Å². The first kappa shape index (κ1) is 23.0. The quantitative estimate of drug-likeness (QED) is 0.593. The van der Waals surface area contributed by atoms with Crippen LogP contribution in [0, 0.1) is 11.8 Å². The maximum atomic E-state index is 11.9. The minimum Gasteiger partial charge on any atom is -0.269 e. The number of hydrogen-bond acceptors (Lipinski definition) is 0. The Morgan fingerprint density at radius 2 is 1.38 bits per heavy atom. The summed E-state index contributed by atoms with van der Waals surface area (Å²) in [6.45, 7) is 6.23. The molecule has 0 aromatic heterocycles. The minimum atomic E-state index is -0.156. The molecule has 0 fully saturated rings. The molecule has 0 bridgehead atoms. The Balaban J connectivity index is -0.000000135. The molecule has 0 rings (SSSR count). The summed E-state index contributed by atoms with van der Waals surface area (Å²) < 4.78 is 11.9. The molecule has 0 saturated heterocycles. The Kier molecular flexibility index (Phi) is 25.5. The summed E-state index contributed by atoms with van der Waals surface area (Å²) in [6.07, 6.45) is 3.45. The van der Waals surface area contributed by atoms with E-state index in [0.717, 1.165) is 12.3 Å². The highest BCUT2D eigenvalue weighted by atomic mass is 19.1. The average Bonchev–Trinajstić information content (AvgIpc) is 1.99. The molecule has 0 heterocycles. The standard InChI is InChI=1S/C9H19F.2CH4.FH/c1-4-8(2)5-6-9(3)7-10;;;/h8-9H,4-7H2,1-3H3;2*1H4;1H. The summed E-state index contributed by atoms with van der Waals surface area (Å²) in [6, 6.07) is 0. The van der Waals surface area contributed by atoms with E-state index >= 15 is 0 Å². The molecule has 2 unspecified atom stereocenters. The van der Waals surface area contributed by atoms with E-state index in [1.54, 1.807) is 0 Å². The Hall–Kier alpha value is -0.140. The van der Waals surface area contributed by atoms with Crippen LogP contribution >= 0.6 is 0 Å². The zero-order valence-electron chi connectivity index (χ0n) is 7.77. The van der Waals surface area contributed by atoms with Gasteiger partial charge in [-0.3, -0.25) is 9.09 Å². The molecular weight excluding hydrogens is 170 g/mol. The molecule has 0 aromatic rings. The van der Waals surface area contributed by atoms with Gasteiger partial charge >= 0.3 is 0 Å². The van der Waals surface area contributed by atoms with Crippen LogP contribution in [0.3, 0.4) is 0 Å². The maximum absolute atomic E-state index is 11.9. The minimum absolute atomic E-state index is 0. The Labute approximate surface area is 83.3 Å². The van der Waals surface area contributed by atoms with Crippen molar-refractivity contribution in [1.82, 2.24) is 0 Å². The predicted octanol–water partition coefficient (Wildman–Crippen LogP) is 4.84. The van der Waals surface area contributed by atoms with E-state index in [9.17, 15) is 4.39 Å². The summed E-state index contributed by atoms with van der Waals surface area (Å²) in [5.74, 6) is 1.04. The Morgan fingerprint density at radius 1 is 1.00 bits per heavy atom. The summed E-state index contributed by atoms with van der Waals surface area (Å²) in [5.41, 5.74) is 0. The average molecular weight is 198 g/mol. The van der Waals surface area contributed by atoms with Gasteiger partial charge in [-0.2, -0.15) is 0 Å². The summed E-state index contributed by atoms with van der Waals surface area (Å²) in [4.78, 5) is 0. The molecule has 0 nitrogen and oxygen atoms in total. The van der Waals surface area contributed by atoms with Crippen molar-refractivity contribution < 1.29 is 9.09 Å². The normalized spacial score (nSPS) is 12.9. The zero-order valence-corrected chi connectivity index (χ0v) is 7.77. The van der Waals surface area contributed by atoms with Gasteiger partial charge in [0.25, 0.3) is 0 Å². The number of alkyl halides is 1. The van der Waals surface area contributed by atoms with E-state index in [2.05, 4.69) is 13.8 Å². The van der Waals surface area contributed by atoms with Crippen LogP contribution in [0.25, 0.3) is 0 Å². The number of rotatable bonds is 5. The SMILES string of the molecule is C.C.CCC(C)CCC(C)CF.F. The maximum Gasteiger partial charge on any atom is 0.0919 e. The van der Waals surface area contributed by atoms with Crippen molar-refractivity contribution in [2.24, 2.45) is 11.8 Å². The molecule has 86 valence electrons. The van der Waals surface area contributed by atoms with Crippen molar-refractivity contribution in [3.63, 3.8) is 0 Å². The van der Waals surface area contributed by atoms with E-state index in [0.29, 0.717) is 0 Å². The second-order valence-corrected chi connectivity index (χ2v) is 3.35. The molecule has 0 N–H and O–H groups in total. The van der Waals surface area contributed by atoms with Crippen LogP contribution in [-0.4, -0.2) is 6.67 Å². The summed E-state index contributed by atoms with van der Waals surface area (Å²) >= 11 is 0. The van der Waals surface area contributed by atoms with Crippen LogP contribution in [0.4, 0.5) is 9.09 Å². The lowest BCUT2D eigenvalue weighted by Gasteiger charge is -2.10. The van der Waals surface area contributed by atoms with Crippen molar-refractivity contribution in [2.45, 2.75) is 54.9 Å². The molecule has 2 atom stereocenters. The second kappa shape index (κ2) is 14.4. The van der Waals surface area contributed by atoms with E-state index in [1.165, 1.54) is 12.8 Å². The van der Waals surface area contributed by atoms with Crippen LogP contribution < -0.4 is 0 Å². The monoisotopic (exact) mass is 198 g/mol. The van der Waals surface area contributed by atoms with Crippen LogP contribution in [-0.2, 0) is 0 Å². The van der Waals surface area contributed by atoms with Crippen molar-refractivity contribution in [3.05, 3.63) is 0 Å². The van der Waals surface area contributed by atoms with Gasteiger partial charge < -0.3 is 0 Å². The van der Waals surface area contributed by atoms with Crippen molar-refractivity contribution >= 4 is 0 Å². The highest BCUT2D eigenvalue weighted by Gasteiger charge is 2.03. The van der Waals surface area contributed by atoms with Gasteiger partial charge in [-0.1, -0.05) is 48.5 Å². The lowest BCUT2D eigenvalue weighted by molar-refractivity contribution is 0.337. The van der Waals surface area contributed by atoms with Crippen molar-refractivity contribution in [3.8, 4) is 0 Å². The lowest BCUT2D eigenvalue weighted by atomic mass is 9.97. The van der Waals surface area contributed by atoms with Gasteiger partial charge in [0.1, 0.15) is 0 Å². The molecule has 13 heavy (non-hydrogen) atoms. The summed E-state index contributed by atoms with van der Waals surface area (Å²) in [5, 5.41) is 0. The molecular formula is C11H28F2. The predicted molar refractivity (Wildman–Crippen MR) is 59.8 cm³/mol. The molecule has 0 aliphatic heterocycles. The Morgan fingerprint density at radius 3 is 1.69 bits per heavy atom. The number of halogens is 2. The fourth-order valence-corrected chi connectivity index (χ4v) is 0.850. The molecule has 0 amide bonds. The van der Waals surface area contributed by atoms with Crippen LogP contribution in [0.2, 0.25) is 0 Å². The smallest absolute Gasteiger partial charge is 0.0919 e. The largest absolute Gasteiger partial charge is 0.269 e. The van der Waals surface area contributed by atoms with Gasteiger partial charge in [-0.05, 0) is 18.3 Å². The third-order valence-corrected chi connectivity index (χ3v) is 2.11. The molecule has 0 radical (unpaired) electrons. The van der Waals surface area contributed by atoms with Crippen LogP contribution in [0.15, 0.2) is 0 Å². The van der Waals surface area contributed by atoms with E-state index in [4.69, 9.17) is 0 Å². The highest BCUT2D eigenvalue weighted by Crippen LogP contribution is 2.14. The molecule has 0 aliphatic carbocycles. The summed E-state index contributed by atoms with van der Waals surface area (Å²) in [7, 11) is 0. The topological polar surface area (TPSA) is 0 Å². The van der Waals surface area contributed by atoms with Gasteiger partial charge in [-0.15, -0.1) is 0 Å². The second-order valence-electron chi connectivity index (χ2n) is 3.35. The third-order valence-electron chi connectivity index (χ3n) is 2.11. The first-order valence-electron chi connectivity index (χ1n) is 4.26. The molecule has 0 spiro atoms. The van der Waals surface area contributed by atoms with Gasteiger partial charge in [-0.25, -0.2) is 0 Å². The van der Waals surface area contributed by atoms with E-state index < -0.39 is 0 Å². The van der Waals surface area contributed by atoms with Gasteiger partial charge in [0.15, 0.2) is 0 Å². The highest BCUT2D eigenvalue weighted by molar-refractivity contribution is 4.55. The molecule has 2 heteroatoms.